The second-order valence-corrected chi connectivity index (χ2v) is 8.45. The number of carbonyl (C=O) groups is 1. The largest absolute Gasteiger partial charge is 0.308 e. The fraction of sp³-hybridized carbons (Fsp3) is 0.318. The molecule has 0 N–H and O–H groups in total. The van der Waals surface area contributed by atoms with Crippen LogP contribution < -0.4 is 4.90 Å². The number of hydrogen-bond donors (Lipinski definition) is 0. The summed E-state index contributed by atoms with van der Waals surface area (Å²) in [5, 5.41) is 5.38. The van der Waals surface area contributed by atoms with Crippen LogP contribution in [0.15, 0.2) is 59.8 Å². The summed E-state index contributed by atoms with van der Waals surface area (Å²) in [6.07, 6.45) is 3.24. The van der Waals surface area contributed by atoms with Crippen molar-refractivity contribution in [3.8, 4) is 5.69 Å². The fourth-order valence-electron chi connectivity index (χ4n) is 3.87. The van der Waals surface area contributed by atoms with E-state index in [1.807, 2.05) is 58.1 Å². The van der Waals surface area contributed by atoms with E-state index in [1.165, 1.54) is 17.3 Å². The lowest BCUT2D eigenvalue weighted by atomic mass is 10.1. The van der Waals surface area contributed by atoms with Crippen LogP contribution in [0.5, 0.6) is 0 Å². The Kier molecular flexibility index (Phi) is 4.43. The number of anilines is 1. The Hall–Kier alpha value is -2.60. The molecule has 1 aliphatic carbocycles. The molecule has 0 saturated heterocycles. The van der Waals surface area contributed by atoms with Gasteiger partial charge in [-0.2, -0.15) is 0 Å². The highest BCUT2D eigenvalue weighted by atomic mass is 32.2. The molecule has 0 spiro atoms. The van der Waals surface area contributed by atoms with Gasteiger partial charge in [-0.15, -0.1) is 5.10 Å². The van der Waals surface area contributed by atoms with E-state index in [2.05, 4.69) is 13.0 Å². The van der Waals surface area contributed by atoms with E-state index in [9.17, 15) is 4.79 Å². The van der Waals surface area contributed by atoms with E-state index in [4.69, 9.17) is 10.1 Å². The van der Waals surface area contributed by atoms with E-state index in [0.29, 0.717) is 16.8 Å². The molecule has 0 bridgehead atoms. The van der Waals surface area contributed by atoms with Gasteiger partial charge in [-0.1, -0.05) is 48.2 Å². The van der Waals surface area contributed by atoms with Gasteiger partial charge in [0.2, 0.25) is 11.1 Å². The maximum absolute atomic E-state index is 12.9. The molecular formula is C22H22N4OS. The zero-order chi connectivity index (χ0) is 19.1. The quantitative estimate of drug-likeness (QED) is 0.612. The Morgan fingerprint density at radius 2 is 1.86 bits per heavy atom. The molecular weight excluding hydrogens is 368 g/mol. The first-order valence-electron chi connectivity index (χ1n) is 9.76. The van der Waals surface area contributed by atoms with Crippen molar-refractivity contribution in [2.75, 3.05) is 10.7 Å². The lowest BCUT2D eigenvalue weighted by molar-refractivity contribution is -0.116. The van der Waals surface area contributed by atoms with Crippen LogP contribution in [0.4, 0.5) is 5.69 Å². The molecule has 3 aromatic rings. The summed E-state index contributed by atoms with van der Waals surface area (Å²) in [6.45, 7) is 2.11. The van der Waals surface area contributed by atoms with Crippen molar-refractivity contribution in [3.05, 3.63) is 66.0 Å². The molecule has 5 nitrogen and oxygen atoms in total. The first kappa shape index (κ1) is 17.5. The molecule has 0 unspecified atom stereocenters. The van der Waals surface area contributed by atoms with Crippen LogP contribution in [-0.2, 0) is 11.2 Å². The van der Waals surface area contributed by atoms with Crippen LogP contribution in [0.25, 0.3) is 5.69 Å². The SMILES string of the molecule is C[C@H]1Cc2ccccc2N1C(=O)CSc1nc(C2CC2)n(-c2ccccc2)n1. The molecule has 2 aliphatic rings. The molecule has 142 valence electrons. The minimum atomic E-state index is 0.117. The van der Waals surface area contributed by atoms with Crippen molar-refractivity contribution in [3.63, 3.8) is 0 Å². The third-order valence-electron chi connectivity index (χ3n) is 5.36. The van der Waals surface area contributed by atoms with Gasteiger partial charge in [-0.05, 0) is 49.9 Å². The number of nitrogens with zero attached hydrogens (tertiary/aromatic N) is 4. The van der Waals surface area contributed by atoms with Crippen LogP contribution in [0.3, 0.4) is 0 Å². The number of rotatable bonds is 5. The van der Waals surface area contributed by atoms with Gasteiger partial charge in [0.05, 0.1) is 11.4 Å². The molecule has 2 aromatic carbocycles. The number of thioether (sulfide) groups is 1. The molecule has 28 heavy (non-hydrogen) atoms. The highest BCUT2D eigenvalue weighted by Crippen LogP contribution is 2.40. The highest BCUT2D eigenvalue weighted by molar-refractivity contribution is 7.99. The summed E-state index contributed by atoms with van der Waals surface area (Å²) < 4.78 is 1.94. The van der Waals surface area contributed by atoms with Gasteiger partial charge in [-0.25, -0.2) is 9.67 Å². The van der Waals surface area contributed by atoms with Gasteiger partial charge in [0.1, 0.15) is 5.82 Å². The number of amides is 1. The topological polar surface area (TPSA) is 51.0 Å². The molecule has 1 aromatic heterocycles. The lowest BCUT2D eigenvalue weighted by Crippen LogP contribution is -2.37. The van der Waals surface area contributed by atoms with Gasteiger partial charge < -0.3 is 4.90 Å². The van der Waals surface area contributed by atoms with Crippen molar-refractivity contribution < 1.29 is 4.79 Å². The Bertz CT molecular complexity index is 1010. The molecule has 1 fully saturated rings. The maximum Gasteiger partial charge on any atom is 0.237 e. The van der Waals surface area contributed by atoms with E-state index in [0.717, 1.165) is 36.5 Å². The average molecular weight is 391 g/mol. The number of fused-ring (bicyclic) bond motifs is 1. The summed E-state index contributed by atoms with van der Waals surface area (Å²) in [5.41, 5.74) is 3.31. The van der Waals surface area contributed by atoms with Crippen molar-refractivity contribution in [1.82, 2.24) is 14.8 Å². The number of aromatic nitrogens is 3. The van der Waals surface area contributed by atoms with Gasteiger partial charge >= 0.3 is 0 Å². The van der Waals surface area contributed by atoms with Gasteiger partial charge in [0.25, 0.3) is 0 Å². The molecule has 1 amide bonds. The van der Waals surface area contributed by atoms with Crippen LogP contribution >= 0.6 is 11.8 Å². The zero-order valence-corrected chi connectivity index (χ0v) is 16.6. The Labute approximate surface area is 168 Å². The van der Waals surface area contributed by atoms with Crippen molar-refractivity contribution >= 4 is 23.4 Å². The van der Waals surface area contributed by atoms with Gasteiger partial charge in [0, 0.05) is 17.6 Å². The number of hydrogen-bond acceptors (Lipinski definition) is 4. The van der Waals surface area contributed by atoms with E-state index < -0.39 is 0 Å². The second-order valence-electron chi connectivity index (χ2n) is 7.51. The maximum atomic E-state index is 12.9. The summed E-state index contributed by atoms with van der Waals surface area (Å²) in [4.78, 5) is 19.6. The Balaban J connectivity index is 1.34. The van der Waals surface area contributed by atoms with Gasteiger partial charge in [0.15, 0.2) is 0 Å². The first-order valence-corrected chi connectivity index (χ1v) is 10.7. The third kappa shape index (κ3) is 3.22. The van der Waals surface area contributed by atoms with Crippen LogP contribution in [0.1, 0.15) is 37.1 Å². The Morgan fingerprint density at radius 1 is 1.11 bits per heavy atom. The standard InChI is InChI=1S/C22H22N4OS/c1-15-13-17-7-5-6-10-19(17)25(15)20(27)14-28-22-23-21(16-11-12-16)26(24-22)18-8-3-2-4-9-18/h2-10,15-16H,11-14H2,1H3/t15-/m0/s1. The summed E-state index contributed by atoms with van der Waals surface area (Å²) >= 11 is 1.43. The molecule has 1 aliphatic heterocycles. The van der Waals surface area contributed by atoms with Gasteiger partial charge in [-0.3, -0.25) is 4.79 Å². The minimum absolute atomic E-state index is 0.117. The third-order valence-corrected chi connectivity index (χ3v) is 6.18. The predicted octanol–water partition coefficient (Wildman–Crippen LogP) is 4.21. The van der Waals surface area contributed by atoms with Crippen molar-refractivity contribution in [2.45, 2.75) is 43.3 Å². The van der Waals surface area contributed by atoms with E-state index in [-0.39, 0.29) is 11.9 Å². The highest BCUT2D eigenvalue weighted by Gasteiger charge is 2.32. The number of para-hydroxylation sites is 2. The predicted molar refractivity (Wildman–Crippen MR) is 111 cm³/mol. The molecule has 6 heteroatoms. The molecule has 2 heterocycles. The molecule has 0 radical (unpaired) electrons. The second kappa shape index (κ2) is 7.09. The van der Waals surface area contributed by atoms with Crippen molar-refractivity contribution in [2.24, 2.45) is 0 Å². The Morgan fingerprint density at radius 3 is 2.64 bits per heavy atom. The summed E-state index contributed by atoms with van der Waals surface area (Å²) in [7, 11) is 0. The zero-order valence-electron chi connectivity index (χ0n) is 15.8. The molecule has 1 saturated carbocycles. The molecule has 5 rings (SSSR count). The number of carbonyl (C=O) groups excluding carboxylic acids is 1. The van der Waals surface area contributed by atoms with Crippen LogP contribution in [0.2, 0.25) is 0 Å². The normalized spacial score (nSPS) is 18.3. The molecule has 1 atom stereocenters. The lowest BCUT2D eigenvalue weighted by Gasteiger charge is -2.22. The fourth-order valence-corrected chi connectivity index (χ4v) is 4.56. The summed E-state index contributed by atoms with van der Waals surface area (Å²) in [6, 6.07) is 18.5. The van der Waals surface area contributed by atoms with Crippen LogP contribution in [0, 0.1) is 0 Å². The monoisotopic (exact) mass is 390 g/mol. The minimum Gasteiger partial charge on any atom is -0.308 e. The van der Waals surface area contributed by atoms with Crippen molar-refractivity contribution in [1.29, 1.82) is 0 Å². The first-order chi connectivity index (χ1) is 13.7. The smallest absolute Gasteiger partial charge is 0.237 e. The van der Waals surface area contributed by atoms with Crippen LogP contribution in [-0.4, -0.2) is 32.5 Å². The number of benzene rings is 2. The average Bonchev–Trinajstić information content (AvgIpc) is 3.38. The summed E-state index contributed by atoms with van der Waals surface area (Å²) in [5.74, 6) is 1.97. The van der Waals surface area contributed by atoms with E-state index >= 15 is 0 Å². The van der Waals surface area contributed by atoms with E-state index in [1.54, 1.807) is 0 Å².